The molecule has 0 saturated heterocycles. The van der Waals surface area contributed by atoms with Crippen LogP contribution in [0.5, 0.6) is 0 Å². The van der Waals surface area contributed by atoms with Crippen LogP contribution in [-0.4, -0.2) is 16.7 Å². The smallest absolute Gasteiger partial charge is 0.247 e. The summed E-state index contributed by atoms with van der Waals surface area (Å²) in [6.45, 7) is 11.5. The second-order valence-electron chi connectivity index (χ2n) is 14.6. The highest BCUT2D eigenvalue weighted by Gasteiger charge is 2.47. The van der Waals surface area contributed by atoms with Crippen LogP contribution in [0.3, 0.4) is 0 Å². The number of anilines is 4. The maximum Gasteiger partial charge on any atom is 0.247 e. The van der Waals surface area contributed by atoms with Crippen molar-refractivity contribution in [2.75, 3.05) is 9.80 Å². The first-order valence-corrected chi connectivity index (χ1v) is 18.0. The number of rotatable bonds is 4. The van der Waals surface area contributed by atoms with Crippen LogP contribution < -0.4 is 20.7 Å². The standard InChI is InChI=1S/C45H41BN4/c1-28-20-22-47-36(24-28)33-14-6-8-17-38(33)49-39-18-9-7-16-35(39)46-43-31(4)12-11-19-40(43)50(42-27-30(3)26-41(49)44(42)46)45-32(5)13-10-15-34(45)37-25-29(2)21-23-48-37/h6-11,14-27,31-32H,12-13H2,1-5H3. The van der Waals surface area contributed by atoms with E-state index < -0.39 is 0 Å². The lowest BCUT2D eigenvalue weighted by Crippen LogP contribution is -2.58. The number of nitrogens with zero attached hydrogens (tertiary/aromatic N) is 4. The van der Waals surface area contributed by atoms with Crippen molar-refractivity contribution in [2.24, 2.45) is 11.8 Å². The van der Waals surface area contributed by atoms with Crippen molar-refractivity contribution in [3.63, 3.8) is 0 Å². The molecule has 0 bridgehead atoms. The maximum atomic E-state index is 4.94. The van der Waals surface area contributed by atoms with E-state index in [9.17, 15) is 0 Å². The molecule has 2 aromatic heterocycles. The van der Waals surface area contributed by atoms with E-state index in [1.807, 2.05) is 12.4 Å². The number of aromatic nitrogens is 2. The van der Waals surface area contributed by atoms with Crippen LogP contribution in [0.1, 0.15) is 49.1 Å². The first-order valence-electron chi connectivity index (χ1n) is 18.0. The molecule has 2 unspecified atom stereocenters. The van der Waals surface area contributed by atoms with Gasteiger partial charge >= 0.3 is 0 Å². The van der Waals surface area contributed by atoms with Crippen LogP contribution >= 0.6 is 0 Å². The van der Waals surface area contributed by atoms with Crippen LogP contribution in [0.25, 0.3) is 16.8 Å². The molecule has 9 rings (SSSR count). The minimum absolute atomic E-state index is 0.152. The number of benzene rings is 3. The topological polar surface area (TPSA) is 32.3 Å². The van der Waals surface area contributed by atoms with Gasteiger partial charge in [0.25, 0.3) is 0 Å². The van der Waals surface area contributed by atoms with E-state index >= 15 is 0 Å². The van der Waals surface area contributed by atoms with Crippen molar-refractivity contribution >= 4 is 46.0 Å². The molecule has 0 N–H and O–H groups in total. The monoisotopic (exact) mass is 648 g/mol. The number of hydrogen-bond donors (Lipinski definition) is 0. The molecule has 5 heteroatoms. The average molecular weight is 649 g/mol. The van der Waals surface area contributed by atoms with Gasteiger partial charge in [-0.05, 0) is 122 Å². The van der Waals surface area contributed by atoms with E-state index in [1.165, 1.54) is 67.1 Å². The molecule has 0 radical (unpaired) electrons. The summed E-state index contributed by atoms with van der Waals surface area (Å²) in [5.41, 5.74) is 19.8. The molecule has 0 spiro atoms. The molecule has 4 nitrogen and oxygen atoms in total. The van der Waals surface area contributed by atoms with Crippen molar-refractivity contribution in [3.05, 3.63) is 161 Å². The van der Waals surface area contributed by atoms with Gasteiger partial charge in [-0.25, -0.2) is 0 Å². The van der Waals surface area contributed by atoms with E-state index in [4.69, 9.17) is 9.97 Å². The normalized spacial score (nSPS) is 19.1. The molecule has 3 aromatic carbocycles. The van der Waals surface area contributed by atoms with Gasteiger partial charge in [-0.2, -0.15) is 0 Å². The molecule has 244 valence electrons. The zero-order chi connectivity index (χ0) is 34.1. The van der Waals surface area contributed by atoms with Crippen LogP contribution in [0, 0.1) is 32.6 Å². The summed E-state index contributed by atoms with van der Waals surface area (Å²) in [6.07, 6.45) is 15.3. The molecule has 2 atom stereocenters. The molecular weight excluding hydrogens is 607 g/mol. The average Bonchev–Trinajstić information content (AvgIpc) is 3.12. The molecule has 0 amide bonds. The van der Waals surface area contributed by atoms with Gasteiger partial charge in [-0.15, -0.1) is 0 Å². The minimum Gasteiger partial charge on any atom is -0.315 e. The van der Waals surface area contributed by atoms with Gasteiger partial charge in [0.2, 0.25) is 6.71 Å². The zero-order valence-corrected chi connectivity index (χ0v) is 29.5. The van der Waals surface area contributed by atoms with Crippen molar-refractivity contribution in [1.82, 2.24) is 9.97 Å². The third kappa shape index (κ3) is 4.74. The van der Waals surface area contributed by atoms with Gasteiger partial charge in [0.15, 0.2) is 0 Å². The number of allylic oxidation sites excluding steroid dienone is 7. The molecule has 50 heavy (non-hydrogen) atoms. The number of aryl methyl sites for hydroxylation is 3. The SMILES string of the molecule is Cc1ccnc(C2=C(N3C4=C(B5c6ccccc6N(c6ccccc6-c6cc(C)ccn6)c6cc(C)cc3c65)C(C)CC=C4)C(C)CC=C2)c1. The summed E-state index contributed by atoms with van der Waals surface area (Å²) in [5.74, 6) is 0.702. The van der Waals surface area contributed by atoms with Gasteiger partial charge in [0.1, 0.15) is 0 Å². The largest absolute Gasteiger partial charge is 0.315 e. The van der Waals surface area contributed by atoms with E-state index in [2.05, 4.69) is 154 Å². The van der Waals surface area contributed by atoms with Crippen LogP contribution in [0.15, 0.2) is 138 Å². The molecule has 5 aromatic rings. The summed E-state index contributed by atoms with van der Waals surface area (Å²) in [6, 6.07) is 31.3. The van der Waals surface area contributed by atoms with E-state index in [0.29, 0.717) is 11.8 Å². The van der Waals surface area contributed by atoms with Crippen molar-refractivity contribution in [1.29, 1.82) is 0 Å². The predicted octanol–water partition coefficient (Wildman–Crippen LogP) is 9.68. The number of pyridine rings is 2. The quantitative estimate of drug-likeness (QED) is 0.182. The van der Waals surface area contributed by atoms with E-state index in [0.717, 1.165) is 35.5 Å². The Labute approximate surface area is 296 Å². The lowest BCUT2D eigenvalue weighted by molar-refractivity contribution is 0.655. The molecule has 2 aliphatic carbocycles. The lowest BCUT2D eigenvalue weighted by Gasteiger charge is -2.48. The fraction of sp³-hybridized carbons (Fsp3) is 0.200. The summed E-state index contributed by atoms with van der Waals surface area (Å²) in [4.78, 5) is 15.0. The summed E-state index contributed by atoms with van der Waals surface area (Å²) in [7, 11) is 0. The minimum atomic E-state index is 0.152. The Kier molecular flexibility index (Phi) is 7.27. The lowest BCUT2D eigenvalue weighted by atomic mass is 9.31. The fourth-order valence-electron chi connectivity index (χ4n) is 8.78. The maximum absolute atomic E-state index is 4.94. The van der Waals surface area contributed by atoms with Gasteiger partial charge in [-0.3, -0.25) is 9.97 Å². The molecule has 4 aliphatic rings. The second kappa shape index (κ2) is 11.9. The summed E-state index contributed by atoms with van der Waals surface area (Å²) in [5, 5.41) is 0. The summed E-state index contributed by atoms with van der Waals surface area (Å²) >= 11 is 0. The van der Waals surface area contributed by atoms with Gasteiger partial charge in [0, 0.05) is 57.9 Å². The Morgan fingerprint density at radius 3 is 2.04 bits per heavy atom. The third-order valence-electron chi connectivity index (χ3n) is 11.0. The Bertz CT molecular complexity index is 2330. The molecular formula is C45H41BN4. The van der Waals surface area contributed by atoms with Gasteiger partial charge < -0.3 is 9.80 Å². The van der Waals surface area contributed by atoms with Crippen molar-refractivity contribution in [2.45, 2.75) is 47.5 Å². The number of hydrogen-bond acceptors (Lipinski definition) is 4. The molecule has 0 saturated carbocycles. The first kappa shape index (κ1) is 30.6. The highest BCUT2D eigenvalue weighted by molar-refractivity contribution is 6.95. The van der Waals surface area contributed by atoms with Crippen LogP contribution in [-0.2, 0) is 0 Å². The highest BCUT2D eigenvalue weighted by Crippen LogP contribution is 2.50. The predicted molar refractivity (Wildman–Crippen MR) is 210 cm³/mol. The third-order valence-corrected chi connectivity index (χ3v) is 11.0. The fourth-order valence-corrected chi connectivity index (χ4v) is 8.78. The Hall–Kier alpha value is -5.42. The van der Waals surface area contributed by atoms with Gasteiger partial charge in [-0.1, -0.05) is 73.9 Å². The Balaban J connectivity index is 1.37. The zero-order valence-electron chi connectivity index (χ0n) is 29.5. The molecule has 4 heterocycles. The van der Waals surface area contributed by atoms with Crippen molar-refractivity contribution in [3.8, 4) is 11.3 Å². The first-order chi connectivity index (χ1) is 24.4. The van der Waals surface area contributed by atoms with Gasteiger partial charge in [0.05, 0.1) is 17.1 Å². The summed E-state index contributed by atoms with van der Waals surface area (Å²) < 4.78 is 0. The van der Waals surface area contributed by atoms with E-state index in [1.54, 1.807) is 0 Å². The van der Waals surface area contributed by atoms with Crippen molar-refractivity contribution < 1.29 is 0 Å². The van der Waals surface area contributed by atoms with Crippen LogP contribution in [0.2, 0.25) is 0 Å². The molecule has 0 fully saturated rings. The second-order valence-corrected chi connectivity index (χ2v) is 14.6. The Morgan fingerprint density at radius 2 is 1.26 bits per heavy atom. The highest BCUT2D eigenvalue weighted by atomic mass is 15.2. The Morgan fingerprint density at radius 1 is 0.620 bits per heavy atom. The number of para-hydroxylation sites is 2. The molecule has 2 aliphatic heterocycles. The van der Waals surface area contributed by atoms with E-state index in [-0.39, 0.29) is 6.71 Å². The number of fused-ring (bicyclic) bond motifs is 3. The van der Waals surface area contributed by atoms with Crippen LogP contribution in [0.4, 0.5) is 22.7 Å².